The molecule has 3 unspecified atom stereocenters. The second-order valence-electron chi connectivity index (χ2n) is 6.20. The van der Waals surface area contributed by atoms with Crippen molar-refractivity contribution >= 4 is 17.3 Å². The molecule has 0 spiro atoms. The van der Waals surface area contributed by atoms with Crippen LogP contribution < -0.4 is 5.32 Å². The van der Waals surface area contributed by atoms with Gasteiger partial charge in [-0.15, -0.1) is 11.3 Å². The number of carbonyl (C=O) groups is 1. The molecular weight excluding hydrogens is 270 g/mol. The van der Waals surface area contributed by atoms with E-state index in [-0.39, 0.29) is 12.5 Å². The number of carboxylic acid groups (broad SMARTS) is 1. The van der Waals surface area contributed by atoms with Crippen LogP contribution in [0.15, 0.2) is 17.5 Å². The summed E-state index contributed by atoms with van der Waals surface area (Å²) in [6.07, 6.45) is 5.09. The molecule has 0 aliphatic heterocycles. The van der Waals surface area contributed by atoms with E-state index in [4.69, 9.17) is 5.11 Å². The second kappa shape index (κ2) is 7.23. The molecule has 2 N–H and O–H groups in total. The first kappa shape index (κ1) is 15.5. The third-order valence-corrected chi connectivity index (χ3v) is 5.35. The van der Waals surface area contributed by atoms with Gasteiger partial charge in [-0.3, -0.25) is 4.79 Å². The zero-order valence-corrected chi connectivity index (χ0v) is 13.2. The summed E-state index contributed by atoms with van der Waals surface area (Å²) in [6.45, 7) is 4.59. The maximum atomic E-state index is 11.1. The maximum Gasteiger partial charge on any atom is 0.305 e. The first-order valence-corrected chi connectivity index (χ1v) is 8.45. The highest BCUT2D eigenvalue weighted by atomic mass is 32.1. The third-order valence-electron chi connectivity index (χ3n) is 4.36. The van der Waals surface area contributed by atoms with E-state index in [1.165, 1.54) is 25.7 Å². The lowest BCUT2D eigenvalue weighted by atomic mass is 9.79. The molecule has 1 aromatic heterocycles. The third kappa shape index (κ3) is 4.32. The van der Waals surface area contributed by atoms with Crippen LogP contribution in [0.25, 0.3) is 0 Å². The number of thiophene rings is 1. The quantitative estimate of drug-likeness (QED) is 0.831. The standard InChI is InChI=1S/C16H25NO2S/c1-11(2)12-5-3-6-13(9-12)17-14(10-16(18)19)15-7-4-8-20-15/h4,7-8,11-14,17H,3,5-6,9-10H2,1-2H3,(H,18,19). The van der Waals surface area contributed by atoms with Gasteiger partial charge in [-0.1, -0.05) is 32.8 Å². The molecule has 20 heavy (non-hydrogen) atoms. The van der Waals surface area contributed by atoms with Crippen LogP contribution in [0.5, 0.6) is 0 Å². The molecule has 3 atom stereocenters. The predicted octanol–water partition coefficient (Wildman–Crippen LogP) is 4.07. The van der Waals surface area contributed by atoms with E-state index in [0.29, 0.717) is 6.04 Å². The molecule has 4 heteroatoms. The molecule has 3 nitrogen and oxygen atoms in total. The van der Waals surface area contributed by atoms with Gasteiger partial charge in [0.2, 0.25) is 0 Å². The van der Waals surface area contributed by atoms with E-state index in [9.17, 15) is 4.79 Å². The van der Waals surface area contributed by atoms with E-state index < -0.39 is 5.97 Å². The summed E-state index contributed by atoms with van der Waals surface area (Å²) in [5, 5.41) is 14.7. The summed E-state index contributed by atoms with van der Waals surface area (Å²) in [6, 6.07) is 4.45. The van der Waals surface area contributed by atoms with Crippen LogP contribution in [0.4, 0.5) is 0 Å². The number of hydrogen-bond acceptors (Lipinski definition) is 3. The van der Waals surface area contributed by atoms with Gasteiger partial charge in [-0.25, -0.2) is 0 Å². The van der Waals surface area contributed by atoms with E-state index in [0.717, 1.165) is 16.7 Å². The van der Waals surface area contributed by atoms with E-state index >= 15 is 0 Å². The molecule has 0 radical (unpaired) electrons. The van der Waals surface area contributed by atoms with Crippen molar-refractivity contribution in [2.45, 2.75) is 58.0 Å². The molecular formula is C16H25NO2S. The van der Waals surface area contributed by atoms with Crippen LogP contribution in [-0.4, -0.2) is 17.1 Å². The second-order valence-corrected chi connectivity index (χ2v) is 7.18. The zero-order valence-electron chi connectivity index (χ0n) is 12.3. The molecule has 0 saturated heterocycles. The Hall–Kier alpha value is -0.870. The molecule has 1 aliphatic rings. The Morgan fingerprint density at radius 1 is 1.50 bits per heavy atom. The van der Waals surface area contributed by atoms with Gasteiger partial charge >= 0.3 is 5.97 Å². The Morgan fingerprint density at radius 3 is 2.90 bits per heavy atom. The summed E-state index contributed by atoms with van der Waals surface area (Å²) >= 11 is 1.64. The minimum atomic E-state index is -0.730. The summed E-state index contributed by atoms with van der Waals surface area (Å²) in [4.78, 5) is 12.2. The van der Waals surface area contributed by atoms with Crippen molar-refractivity contribution in [1.29, 1.82) is 0 Å². The largest absolute Gasteiger partial charge is 0.481 e. The lowest BCUT2D eigenvalue weighted by Crippen LogP contribution is -2.38. The number of rotatable bonds is 6. The first-order chi connectivity index (χ1) is 9.56. The van der Waals surface area contributed by atoms with Crippen LogP contribution >= 0.6 is 11.3 Å². The molecule has 1 saturated carbocycles. The van der Waals surface area contributed by atoms with Crippen molar-refractivity contribution in [3.63, 3.8) is 0 Å². The molecule has 1 heterocycles. The summed E-state index contributed by atoms with van der Waals surface area (Å²) in [5.41, 5.74) is 0. The van der Waals surface area contributed by atoms with Gasteiger partial charge in [0, 0.05) is 10.9 Å². The molecule has 2 rings (SSSR count). The SMILES string of the molecule is CC(C)C1CCCC(NC(CC(=O)O)c2cccs2)C1. The van der Waals surface area contributed by atoms with Gasteiger partial charge in [0.25, 0.3) is 0 Å². The molecule has 1 aliphatic carbocycles. The van der Waals surface area contributed by atoms with E-state index in [1.54, 1.807) is 11.3 Å². The lowest BCUT2D eigenvalue weighted by Gasteiger charge is -2.34. The number of hydrogen-bond donors (Lipinski definition) is 2. The van der Waals surface area contributed by atoms with Gasteiger partial charge in [0.05, 0.1) is 12.5 Å². The predicted molar refractivity (Wildman–Crippen MR) is 83.0 cm³/mol. The van der Waals surface area contributed by atoms with Crippen molar-refractivity contribution in [2.75, 3.05) is 0 Å². The van der Waals surface area contributed by atoms with E-state index in [2.05, 4.69) is 19.2 Å². The molecule has 112 valence electrons. The van der Waals surface area contributed by atoms with Crippen LogP contribution in [0, 0.1) is 11.8 Å². The van der Waals surface area contributed by atoms with Crippen molar-refractivity contribution in [3.8, 4) is 0 Å². The first-order valence-electron chi connectivity index (χ1n) is 7.57. The Morgan fingerprint density at radius 2 is 2.30 bits per heavy atom. The van der Waals surface area contributed by atoms with Crippen molar-refractivity contribution in [1.82, 2.24) is 5.32 Å². The molecule has 1 aromatic rings. The summed E-state index contributed by atoms with van der Waals surface area (Å²) in [5.74, 6) is 0.765. The fourth-order valence-electron chi connectivity index (χ4n) is 3.17. The fourth-order valence-corrected chi connectivity index (χ4v) is 3.96. The number of nitrogens with one attached hydrogen (secondary N) is 1. The monoisotopic (exact) mass is 295 g/mol. The van der Waals surface area contributed by atoms with Crippen molar-refractivity contribution in [2.24, 2.45) is 11.8 Å². The highest BCUT2D eigenvalue weighted by Crippen LogP contribution is 2.32. The highest BCUT2D eigenvalue weighted by Gasteiger charge is 2.27. The van der Waals surface area contributed by atoms with Gasteiger partial charge in [0.15, 0.2) is 0 Å². The number of carboxylic acids is 1. The van der Waals surface area contributed by atoms with Gasteiger partial charge < -0.3 is 10.4 Å². The summed E-state index contributed by atoms with van der Waals surface area (Å²) in [7, 11) is 0. The molecule has 1 fully saturated rings. The molecule has 0 bridgehead atoms. The normalized spacial score (nSPS) is 24.8. The Labute approximate surface area is 125 Å². The lowest BCUT2D eigenvalue weighted by molar-refractivity contribution is -0.137. The topological polar surface area (TPSA) is 49.3 Å². The fraction of sp³-hybridized carbons (Fsp3) is 0.688. The maximum absolute atomic E-state index is 11.1. The van der Waals surface area contributed by atoms with Crippen molar-refractivity contribution < 1.29 is 9.90 Å². The average Bonchev–Trinajstić information content (AvgIpc) is 2.91. The van der Waals surface area contributed by atoms with Crippen LogP contribution in [0.3, 0.4) is 0 Å². The smallest absolute Gasteiger partial charge is 0.305 e. The van der Waals surface area contributed by atoms with Gasteiger partial charge in [-0.2, -0.15) is 0 Å². The highest BCUT2D eigenvalue weighted by molar-refractivity contribution is 7.10. The van der Waals surface area contributed by atoms with Crippen LogP contribution in [0.2, 0.25) is 0 Å². The Kier molecular flexibility index (Phi) is 5.61. The number of aliphatic carboxylic acids is 1. The summed E-state index contributed by atoms with van der Waals surface area (Å²) < 4.78 is 0. The van der Waals surface area contributed by atoms with Crippen LogP contribution in [0.1, 0.15) is 56.9 Å². The minimum Gasteiger partial charge on any atom is -0.481 e. The van der Waals surface area contributed by atoms with E-state index in [1.807, 2.05) is 17.5 Å². The molecule has 0 aromatic carbocycles. The van der Waals surface area contributed by atoms with Crippen LogP contribution in [-0.2, 0) is 4.79 Å². The Balaban J connectivity index is 1.98. The van der Waals surface area contributed by atoms with Crippen molar-refractivity contribution in [3.05, 3.63) is 22.4 Å². The zero-order chi connectivity index (χ0) is 14.5. The average molecular weight is 295 g/mol. The van der Waals surface area contributed by atoms with Gasteiger partial charge in [0.1, 0.15) is 0 Å². The molecule has 0 amide bonds. The Bertz CT molecular complexity index is 416. The van der Waals surface area contributed by atoms with Gasteiger partial charge in [-0.05, 0) is 36.1 Å². The minimum absolute atomic E-state index is 0.0385.